The van der Waals surface area contributed by atoms with Gasteiger partial charge in [0.25, 0.3) is 0 Å². The molecule has 3 N–H and O–H groups in total. The minimum atomic E-state index is 0.0451. The maximum absolute atomic E-state index is 5.03. The summed E-state index contributed by atoms with van der Waals surface area (Å²) in [6.07, 6.45) is 5.79. The Bertz CT molecular complexity index is 957. The van der Waals surface area contributed by atoms with Crippen LogP contribution in [0.5, 0.6) is 0 Å². The molecule has 0 unspecified atom stereocenters. The zero-order valence-electron chi connectivity index (χ0n) is 27.6. The smallest absolute Gasteiger partial charge is 0.0669 e. The average Bonchev–Trinajstić information content (AvgIpc) is 3.47. The van der Waals surface area contributed by atoms with E-state index in [-0.39, 0.29) is 5.92 Å². The Kier molecular flexibility index (Phi) is 11.3. The molecule has 0 saturated heterocycles. The SMILES string of the molecule is CC(C)Cc1n[nH]c(CC(C)C)c1C(c1c(CC(C)C)n[nH]c1CC(C)C)c1c(CC(C)C)n[nH]c1CC(C)C. The van der Waals surface area contributed by atoms with Crippen LogP contribution in [0.1, 0.15) is 140 Å². The summed E-state index contributed by atoms with van der Waals surface area (Å²) in [5.41, 5.74) is 11.5. The first-order valence-electron chi connectivity index (χ1n) is 16.0. The molecule has 0 aliphatic rings. The maximum Gasteiger partial charge on any atom is 0.0669 e. The first-order valence-corrected chi connectivity index (χ1v) is 16.0. The highest BCUT2D eigenvalue weighted by atomic mass is 15.1. The normalized spacial score (nSPS) is 12.7. The zero-order chi connectivity index (χ0) is 29.7. The van der Waals surface area contributed by atoms with Gasteiger partial charge >= 0.3 is 0 Å². The fourth-order valence-corrected chi connectivity index (χ4v) is 6.06. The third kappa shape index (κ3) is 8.10. The van der Waals surface area contributed by atoms with E-state index in [0.29, 0.717) is 35.5 Å². The molecule has 0 radical (unpaired) electrons. The van der Waals surface area contributed by atoms with Gasteiger partial charge in [-0.2, -0.15) is 15.3 Å². The van der Waals surface area contributed by atoms with E-state index in [9.17, 15) is 0 Å². The third-order valence-electron chi connectivity index (χ3n) is 7.39. The maximum atomic E-state index is 5.03. The highest BCUT2D eigenvalue weighted by Gasteiger charge is 2.36. The van der Waals surface area contributed by atoms with E-state index in [1.807, 2.05) is 0 Å². The van der Waals surface area contributed by atoms with Crippen LogP contribution in [0.4, 0.5) is 0 Å². The number of rotatable bonds is 15. The van der Waals surface area contributed by atoms with Gasteiger partial charge in [-0.15, -0.1) is 0 Å². The van der Waals surface area contributed by atoms with Crippen LogP contribution in [0.3, 0.4) is 0 Å². The van der Waals surface area contributed by atoms with Gasteiger partial charge < -0.3 is 0 Å². The molecule has 0 bridgehead atoms. The number of nitrogens with one attached hydrogen (secondary N) is 3. The lowest BCUT2D eigenvalue weighted by Gasteiger charge is -2.25. The third-order valence-corrected chi connectivity index (χ3v) is 7.39. The number of hydrogen-bond donors (Lipinski definition) is 3. The molecule has 224 valence electrons. The summed E-state index contributed by atoms with van der Waals surface area (Å²) in [5.74, 6) is 3.16. The van der Waals surface area contributed by atoms with E-state index in [2.05, 4.69) is 98.4 Å². The number of aromatic amines is 3. The standard InChI is InChI=1S/C34H58N6/c1-19(2)13-25-31(26(36-35-25)14-20(3)4)34(32-27(15-21(5)6)37-38-28(32)16-22(7)8)33-29(17-23(9)10)39-40-30(33)18-24(11)12/h19-24,34H,13-18H2,1-12H3,(H,35,36)(H,37,38)(H,39,40). The molecule has 0 atom stereocenters. The molecule has 0 amide bonds. The molecule has 3 rings (SSSR count). The Morgan fingerprint density at radius 1 is 0.375 bits per heavy atom. The average molecular weight is 551 g/mol. The lowest BCUT2D eigenvalue weighted by atomic mass is 9.76. The van der Waals surface area contributed by atoms with Crippen molar-refractivity contribution in [2.24, 2.45) is 35.5 Å². The molecular formula is C34H58N6. The predicted octanol–water partition coefficient (Wildman–Crippen LogP) is 8.23. The summed E-state index contributed by atoms with van der Waals surface area (Å²) in [5, 5.41) is 25.7. The molecule has 0 aromatic carbocycles. The van der Waals surface area contributed by atoms with E-state index < -0.39 is 0 Å². The molecule has 3 heterocycles. The van der Waals surface area contributed by atoms with Crippen LogP contribution >= 0.6 is 0 Å². The van der Waals surface area contributed by atoms with Gasteiger partial charge in [0.15, 0.2) is 0 Å². The van der Waals surface area contributed by atoms with E-state index >= 15 is 0 Å². The predicted molar refractivity (Wildman–Crippen MR) is 168 cm³/mol. The minimum Gasteiger partial charge on any atom is -0.282 e. The number of aromatic nitrogens is 6. The van der Waals surface area contributed by atoms with Crippen molar-refractivity contribution in [1.29, 1.82) is 0 Å². The monoisotopic (exact) mass is 550 g/mol. The van der Waals surface area contributed by atoms with Crippen LogP contribution in [0.25, 0.3) is 0 Å². The van der Waals surface area contributed by atoms with Gasteiger partial charge in [0.1, 0.15) is 0 Å². The van der Waals surface area contributed by atoms with Gasteiger partial charge in [-0.3, -0.25) is 15.3 Å². The first kappa shape index (κ1) is 32.1. The van der Waals surface area contributed by atoms with Crippen molar-refractivity contribution in [1.82, 2.24) is 30.6 Å². The molecule has 40 heavy (non-hydrogen) atoms. The first-order chi connectivity index (χ1) is 18.8. The highest BCUT2D eigenvalue weighted by molar-refractivity contribution is 5.53. The summed E-state index contributed by atoms with van der Waals surface area (Å²) < 4.78 is 0. The van der Waals surface area contributed by atoms with Crippen LogP contribution in [-0.4, -0.2) is 30.6 Å². The van der Waals surface area contributed by atoms with Crippen LogP contribution in [0.15, 0.2) is 0 Å². The molecule has 3 aromatic heterocycles. The molecule has 0 aliphatic heterocycles. The summed E-state index contributed by atoms with van der Waals surface area (Å²) in [4.78, 5) is 0. The lowest BCUT2D eigenvalue weighted by molar-refractivity contribution is 0.605. The van der Waals surface area contributed by atoms with Crippen LogP contribution in [-0.2, 0) is 38.5 Å². The Morgan fingerprint density at radius 2 is 0.600 bits per heavy atom. The van der Waals surface area contributed by atoms with E-state index in [0.717, 1.165) is 38.5 Å². The second-order valence-corrected chi connectivity index (χ2v) is 14.7. The van der Waals surface area contributed by atoms with Crippen LogP contribution in [0, 0.1) is 35.5 Å². The Hall–Kier alpha value is -2.37. The number of H-pyrrole nitrogens is 3. The second-order valence-electron chi connectivity index (χ2n) is 14.7. The van der Waals surface area contributed by atoms with Crippen molar-refractivity contribution in [3.8, 4) is 0 Å². The quantitative estimate of drug-likeness (QED) is 0.178. The Morgan fingerprint density at radius 3 is 0.800 bits per heavy atom. The van der Waals surface area contributed by atoms with E-state index in [1.54, 1.807) is 0 Å². The topological polar surface area (TPSA) is 86.0 Å². The molecule has 3 aromatic rings. The molecule has 0 fully saturated rings. The largest absolute Gasteiger partial charge is 0.282 e. The molecule has 0 spiro atoms. The zero-order valence-corrected chi connectivity index (χ0v) is 27.6. The van der Waals surface area contributed by atoms with Gasteiger partial charge in [-0.25, -0.2) is 0 Å². The van der Waals surface area contributed by atoms with Crippen LogP contribution in [0.2, 0.25) is 0 Å². The summed E-state index contributed by atoms with van der Waals surface area (Å²) in [6.45, 7) is 27.6. The van der Waals surface area contributed by atoms with E-state index in [1.165, 1.54) is 50.9 Å². The number of hydrogen-bond acceptors (Lipinski definition) is 3. The highest BCUT2D eigenvalue weighted by Crippen LogP contribution is 2.43. The van der Waals surface area contributed by atoms with Gasteiger partial charge in [0.05, 0.1) is 17.1 Å². The van der Waals surface area contributed by atoms with Crippen molar-refractivity contribution >= 4 is 0 Å². The Labute approximate surface area is 244 Å². The van der Waals surface area contributed by atoms with Crippen LogP contribution < -0.4 is 0 Å². The van der Waals surface area contributed by atoms with Gasteiger partial charge in [-0.05, 0) is 74.0 Å². The second kappa shape index (κ2) is 14.0. The molecule has 6 heteroatoms. The summed E-state index contributed by atoms with van der Waals surface area (Å²) in [7, 11) is 0. The van der Waals surface area contributed by atoms with E-state index in [4.69, 9.17) is 15.3 Å². The van der Waals surface area contributed by atoms with Crippen molar-refractivity contribution in [3.63, 3.8) is 0 Å². The summed E-state index contributed by atoms with van der Waals surface area (Å²) in [6, 6.07) is 0. The van der Waals surface area contributed by atoms with Gasteiger partial charge in [0, 0.05) is 39.7 Å². The van der Waals surface area contributed by atoms with Gasteiger partial charge in [0.2, 0.25) is 0 Å². The van der Waals surface area contributed by atoms with Crippen molar-refractivity contribution in [2.45, 2.75) is 128 Å². The minimum absolute atomic E-state index is 0.0451. The molecule has 6 nitrogen and oxygen atoms in total. The lowest BCUT2D eigenvalue weighted by Crippen LogP contribution is -2.17. The van der Waals surface area contributed by atoms with Gasteiger partial charge in [-0.1, -0.05) is 83.1 Å². The van der Waals surface area contributed by atoms with Crippen molar-refractivity contribution in [2.75, 3.05) is 0 Å². The Balaban J connectivity index is 2.47. The molecule has 0 aliphatic carbocycles. The fraction of sp³-hybridized carbons (Fsp3) is 0.735. The summed E-state index contributed by atoms with van der Waals surface area (Å²) >= 11 is 0. The molecule has 0 saturated carbocycles. The fourth-order valence-electron chi connectivity index (χ4n) is 6.06. The number of nitrogens with zero attached hydrogens (tertiary/aromatic N) is 3. The molecular weight excluding hydrogens is 492 g/mol. The van der Waals surface area contributed by atoms with Crippen molar-refractivity contribution in [3.05, 3.63) is 50.9 Å². The van der Waals surface area contributed by atoms with Crippen molar-refractivity contribution < 1.29 is 0 Å².